The maximum Gasteiger partial charge on any atom is 0.278 e. The van der Waals surface area contributed by atoms with Crippen molar-refractivity contribution in [3.8, 4) is 5.69 Å². The van der Waals surface area contributed by atoms with Gasteiger partial charge in [-0.1, -0.05) is 11.6 Å². The molecule has 2 heterocycles. The van der Waals surface area contributed by atoms with Crippen LogP contribution in [0.4, 0.5) is 0 Å². The van der Waals surface area contributed by atoms with E-state index in [-0.39, 0.29) is 23.1 Å². The molecule has 1 aromatic heterocycles. The van der Waals surface area contributed by atoms with Gasteiger partial charge in [0.05, 0.1) is 5.69 Å². The molecule has 1 aliphatic heterocycles. The highest BCUT2D eigenvalue weighted by Gasteiger charge is 2.27. The van der Waals surface area contributed by atoms with Crippen LogP contribution in [0.3, 0.4) is 0 Å². The molecule has 1 saturated heterocycles. The Kier molecular flexibility index (Phi) is 4.71. The fraction of sp³-hybridized carbons (Fsp3) is 0.389. The minimum absolute atomic E-state index is 0.0238. The van der Waals surface area contributed by atoms with E-state index >= 15 is 0 Å². The summed E-state index contributed by atoms with van der Waals surface area (Å²) in [4.78, 5) is 26.9. The molecule has 0 N–H and O–H groups in total. The molecule has 6 heteroatoms. The lowest BCUT2D eigenvalue weighted by molar-refractivity contribution is 0.0626. The van der Waals surface area contributed by atoms with Crippen molar-refractivity contribution in [2.75, 3.05) is 6.54 Å². The number of aryl methyl sites for hydroxylation is 1. The van der Waals surface area contributed by atoms with E-state index in [0.29, 0.717) is 17.3 Å². The summed E-state index contributed by atoms with van der Waals surface area (Å²) in [5.41, 5.74) is 1.08. The Morgan fingerprint density at radius 1 is 1.25 bits per heavy atom. The smallest absolute Gasteiger partial charge is 0.278 e. The van der Waals surface area contributed by atoms with Crippen molar-refractivity contribution in [3.05, 3.63) is 57.0 Å². The molecular formula is C18H20ClN3O2. The van der Waals surface area contributed by atoms with Gasteiger partial charge in [-0.05, 0) is 57.4 Å². The monoisotopic (exact) mass is 345 g/mol. The quantitative estimate of drug-likeness (QED) is 0.839. The number of halogens is 1. The zero-order chi connectivity index (χ0) is 17.3. The zero-order valence-corrected chi connectivity index (χ0v) is 14.6. The highest BCUT2D eigenvalue weighted by molar-refractivity contribution is 6.30. The number of piperidine rings is 1. The molecule has 1 aliphatic rings. The maximum atomic E-state index is 12.8. The average Bonchev–Trinajstić information content (AvgIpc) is 2.56. The molecular weight excluding hydrogens is 326 g/mol. The van der Waals surface area contributed by atoms with Crippen LogP contribution in [0, 0.1) is 6.92 Å². The molecule has 0 saturated carbocycles. The van der Waals surface area contributed by atoms with E-state index in [4.69, 9.17) is 11.6 Å². The predicted octanol–water partition coefficient (Wildman–Crippen LogP) is 3.21. The fourth-order valence-electron chi connectivity index (χ4n) is 3.08. The van der Waals surface area contributed by atoms with Crippen molar-refractivity contribution in [2.24, 2.45) is 0 Å². The van der Waals surface area contributed by atoms with Gasteiger partial charge in [-0.15, -0.1) is 0 Å². The van der Waals surface area contributed by atoms with Gasteiger partial charge in [-0.25, -0.2) is 4.68 Å². The topological polar surface area (TPSA) is 55.2 Å². The Morgan fingerprint density at radius 3 is 2.62 bits per heavy atom. The first-order valence-corrected chi connectivity index (χ1v) is 8.53. The van der Waals surface area contributed by atoms with Crippen LogP contribution < -0.4 is 5.43 Å². The molecule has 0 spiro atoms. The summed E-state index contributed by atoms with van der Waals surface area (Å²) in [6.45, 7) is 4.49. The number of benzene rings is 1. The molecule has 24 heavy (non-hydrogen) atoms. The number of carbonyl (C=O) groups excluding carboxylic acids is 1. The van der Waals surface area contributed by atoms with Gasteiger partial charge in [0.15, 0.2) is 5.69 Å². The number of hydrogen-bond acceptors (Lipinski definition) is 3. The van der Waals surface area contributed by atoms with Crippen molar-refractivity contribution in [1.29, 1.82) is 0 Å². The summed E-state index contributed by atoms with van der Waals surface area (Å²) in [7, 11) is 0. The second-order valence-corrected chi connectivity index (χ2v) is 6.67. The van der Waals surface area contributed by atoms with Crippen molar-refractivity contribution in [1.82, 2.24) is 14.7 Å². The standard InChI is InChI=1S/C18H20ClN3O2/c1-12-5-3-4-10-21(12)18(24)17-16(23)11-13(2)22(20-17)15-8-6-14(19)7-9-15/h6-9,11-12H,3-5,10H2,1-2H3/t12-/m0/s1. The highest BCUT2D eigenvalue weighted by atomic mass is 35.5. The molecule has 3 rings (SSSR count). The minimum atomic E-state index is -0.333. The van der Waals surface area contributed by atoms with E-state index < -0.39 is 0 Å². The summed E-state index contributed by atoms with van der Waals surface area (Å²) in [6.07, 6.45) is 3.04. The second kappa shape index (κ2) is 6.77. The zero-order valence-electron chi connectivity index (χ0n) is 13.8. The molecule has 5 nitrogen and oxygen atoms in total. The van der Waals surface area contributed by atoms with Gasteiger partial charge in [0.2, 0.25) is 5.43 Å². The third kappa shape index (κ3) is 3.22. The van der Waals surface area contributed by atoms with E-state index in [1.54, 1.807) is 28.6 Å². The van der Waals surface area contributed by atoms with E-state index in [2.05, 4.69) is 5.10 Å². The van der Waals surface area contributed by atoms with Crippen molar-refractivity contribution in [2.45, 2.75) is 39.2 Å². The number of aromatic nitrogens is 2. The van der Waals surface area contributed by atoms with E-state index in [1.807, 2.05) is 19.1 Å². The first-order valence-electron chi connectivity index (χ1n) is 8.15. The normalized spacial score (nSPS) is 17.8. The van der Waals surface area contributed by atoms with Crippen LogP contribution in [-0.4, -0.2) is 33.2 Å². The maximum absolute atomic E-state index is 12.8. The van der Waals surface area contributed by atoms with Crippen LogP contribution in [0.2, 0.25) is 5.02 Å². The van der Waals surface area contributed by atoms with Gasteiger partial charge in [-0.3, -0.25) is 9.59 Å². The third-order valence-electron chi connectivity index (χ3n) is 4.45. The molecule has 1 atom stereocenters. The first kappa shape index (κ1) is 16.7. The van der Waals surface area contributed by atoms with Gasteiger partial charge < -0.3 is 4.90 Å². The largest absolute Gasteiger partial charge is 0.334 e. The van der Waals surface area contributed by atoms with Gasteiger partial charge in [-0.2, -0.15) is 5.10 Å². The Balaban J connectivity index is 2.02. The van der Waals surface area contributed by atoms with Crippen LogP contribution in [0.25, 0.3) is 5.69 Å². The van der Waals surface area contributed by atoms with Gasteiger partial charge in [0.1, 0.15) is 0 Å². The Labute approximate surface area is 145 Å². The summed E-state index contributed by atoms with van der Waals surface area (Å²) >= 11 is 5.92. The van der Waals surface area contributed by atoms with Crippen LogP contribution in [0.5, 0.6) is 0 Å². The lowest BCUT2D eigenvalue weighted by atomic mass is 10.0. The second-order valence-electron chi connectivity index (χ2n) is 6.23. The number of amides is 1. The molecule has 1 fully saturated rings. The Hall–Kier alpha value is -2.14. The van der Waals surface area contributed by atoms with Gasteiger partial charge >= 0.3 is 0 Å². The molecule has 0 unspecified atom stereocenters. The lowest BCUT2D eigenvalue weighted by Gasteiger charge is -2.33. The predicted molar refractivity (Wildman–Crippen MR) is 93.9 cm³/mol. The van der Waals surface area contributed by atoms with Crippen LogP contribution in [0.15, 0.2) is 35.1 Å². The van der Waals surface area contributed by atoms with E-state index in [0.717, 1.165) is 24.9 Å². The van der Waals surface area contributed by atoms with Crippen molar-refractivity contribution in [3.63, 3.8) is 0 Å². The number of likely N-dealkylation sites (tertiary alicyclic amines) is 1. The number of carbonyl (C=O) groups is 1. The molecule has 1 amide bonds. The molecule has 2 aromatic rings. The summed E-state index contributed by atoms with van der Waals surface area (Å²) < 4.78 is 1.61. The lowest BCUT2D eigenvalue weighted by Crippen LogP contribution is -2.44. The third-order valence-corrected chi connectivity index (χ3v) is 4.70. The number of rotatable bonds is 2. The van der Waals surface area contributed by atoms with Crippen molar-refractivity contribution >= 4 is 17.5 Å². The van der Waals surface area contributed by atoms with Crippen LogP contribution in [-0.2, 0) is 0 Å². The van der Waals surface area contributed by atoms with Crippen LogP contribution in [0.1, 0.15) is 42.4 Å². The Bertz CT molecular complexity index is 814. The fourth-order valence-corrected chi connectivity index (χ4v) is 3.20. The Morgan fingerprint density at radius 2 is 1.96 bits per heavy atom. The highest BCUT2D eigenvalue weighted by Crippen LogP contribution is 2.18. The molecule has 0 aliphatic carbocycles. The molecule has 1 aromatic carbocycles. The molecule has 0 bridgehead atoms. The van der Waals surface area contributed by atoms with Gasteiger partial charge in [0, 0.05) is 29.4 Å². The van der Waals surface area contributed by atoms with E-state index in [9.17, 15) is 9.59 Å². The SMILES string of the molecule is Cc1cc(=O)c(C(=O)N2CCCC[C@@H]2C)nn1-c1ccc(Cl)cc1. The summed E-state index contributed by atoms with van der Waals surface area (Å²) in [6, 6.07) is 8.73. The minimum Gasteiger partial charge on any atom is -0.334 e. The van der Waals surface area contributed by atoms with E-state index in [1.165, 1.54) is 6.07 Å². The first-order chi connectivity index (χ1) is 11.5. The summed E-state index contributed by atoms with van der Waals surface area (Å²) in [5.74, 6) is -0.282. The van der Waals surface area contributed by atoms with Crippen LogP contribution >= 0.6 is 11.6 Å². The number of nitrogens with zero attached hydrogens (tertiary/aromatic N) is 3. The number of hydrogen-bond donors (Lipinski definition) is 0. The summed E-state index contributed by atoms with van der Waals surface area (Å²) in [5, 5.41) is 4.97. The van der Waals surface area contributed by atoms with Gasteiger partial charge in [0.25, 0.3) is 5.91 Å². The molecule has 0 radical (unpaired) electrons. The van der Waals surface area contributed by atoms with Crippen molar-refractivity contribution < 1.29 is 4.79 Å². The molecule has 126 valence electrons. The average molecular weight is 346 g/mol.